The van der Waals surface area contributed by atoms with E-state index in [4.69, 9.17) is 0 Å². The summed E-state index contributed by atoms with van der Waals surface area (Å²) < 4.78 is 40.2. The molecule has 2 heterocycles. The summed E-state index contributed by atoms with van der Waals surface area (Å²) >= 11 is 0. The summed E-state index contributed by atoms with van der Waals surface area (Å²) in [5.74, 6) is 0.493. The first-order valence-electron chi connectivity index (χ1n) is 9.13. The van der Waals surface area contributed by atoms with E-state index in [1.165, 1.54) is 37.2 Å². The maximum Gasteiger partial charge on any atom is 0.435 e. The molecule has 1 aliphatic heterocycles. The van der Waals surface area contributed by atoms with Gasteiger partial charge in [-0.2, -0.15) is 18.3 Å². The van der Waals surface area contributed by atoms with Crippen molar-refractivity contribution < 1.29 is 13.2 Å². The van der Waals surface area contributed by atoms with Gasteiger partial charge >= 0.3 is 6.18 Å². The van der Waals surface area contributed by atoms with Crippen LogP contribution in [0, 0.1) is 0 Å². The molecule has 27 heavy (non-hydrogen) atoms. The van der Waals surface area contributed by atoms with Gasteiger partial charge in [-0.1, -0.05) is 13.3 Å². The summed E-state index contributed by atoms with van der Waals surface area (Å²) in [6.07, 6.45) is 1.82. The van der Waals surface area contributed by atoms with Gasteiger partial charge in [-0.05, 0) is 25.8 Å². The molecule has 1 aliphatic rings. The molecular weight excluding hydrogens is 472 g/mol. The summed E-state index contributed by atoms with van der Waals surface area (Å²) in [5.41, 5.74) is -0.757. The molecule has 0 spiro atoms. The number of hydrogen-bond acceptors (Lipinski definition) is 3. The van der Waals surface area contributed by atoms with Crippen molar-refractivity contribution in [3.63, 3.8) is 0 Å². The van der Waals surface area contributed by atoms with E-state index in [-0.39, 0.29) is 36.1 Å². The standard InChI is InChI=1S/C17H29F3N6.HI/c1-4-14-7-5-6-9-26(14)10-8-22-16(21-2)23-11-13-12-25(3)24-15(13)17(18,19)20;/h12,14H,4-11H2,1-3H3,(H2,21,22,23);1H. The van der Waals surface area contributed by atoms with E-state index in [0.717, 1.165) is 19.5 Å². The Morgan fingerprint density at radius 2 is 2.07 bits per heavy atom. The highest BCUT2D eigenvalue weighted by Crippen LogP contribution is 2.30. The second kappa shape index (κ2) is 11.1. The number of halogens is 4. The first kappa shape index (κ1) is 24.0. The van der Waals surface area contributed by atoms with Gasteiger partial charge in [-0.25, -0.2) is 0 Å². The molecule has 1 aromatic heterocycles. The van der Waals surface area contributed by atoms with Crippen LogP contribution in [0.2, 0.25) is 0 Å². The van der Waals surface area contributed by atoms with Crippen LogP contribution in [0.1, 0.15) is 43.9 Å². The van der Waals surface area contributed by atoms with E-state index in [0.29, 0.717) is 18.5 Å². The Hall–Kier alpha value is -1.04. The Balaban J connectivity index is 0.00000364. The molecule has 1 atom stereocenters. The van der Waals surface area contributed by atoms with Crippen LogP contribution in [-0.4, -0.2) is 53.4 Å². The SMILES string of the molecule is CCC1CCCCN1CCNC(=NC)NCc1cn(C)nc1C(F)(F)F.I. The van der Waals surface area contributed by atoms with Crippen LogP contribution in [0.4, 0.5) is 13.2 Å². The van der Waals surface area contributed by atoms with Gasteiger partial charge in [0.2, 0.25) is 0 Å². The third-order valence-electron chi connectivity index (χ3n) is 4.75. The third-order valence-corrected chi connectivity index (χ3v) is 4.75. The zero-order chi connectivity index (χ0) is 19.2. The lowest BCUT2D eigenvalue weighted by molar-refractivity contribution is -0.142. The molecule has 1 aromatic rings. The third kappa shape index (κ3) is 7.13. The molecular formula is C17H30F3IN6. The van der Waals surface area contributed by atoms with Gasteiger partial charge in [0.1, 0.15) is 0 Å². The van der Waals surface area contributed by atoms with E-state index in [9.17, 15) is 13.2 Å². The first-order chi connectivity index (χ1) is 12.3. The molecule has 0 bridgehead atoms. The number of likely N-dealkylation sites (tertiary alicyclic amines) is 1. The fraction of sp³-hybridized carbons (Fsp3) is 0.765. The average molecular weight is 502 g/mol. The number of aryl methyl sites for hydroxylation is 1. The van der Waals surface area contributed by atoms with Crippen molar-refractivity contribution in [1.82, 2.24) is 25.3 Å². The van der Waals surface area contributed by atoms with Gasteiger partial charge in [0.25, 0.3) is 0 Å². The fourth-order valence-electron chi connectivity index (χ4n) is 3.44. The predicted molar refractivity (Wildman–Crippen MR) is 111 cm³/mol. The van der Waals surface area contributed by atoms with E-state index >= 15 is 0 Å². The van der Waals surface area contributed by atoms with Gasteiger partial charge in [0, 0.05) is 51.5 Å². The van der Waals surface area contributed by atoms with Crippen molar-refractivity contribution >= 4 is 29.9 Å². The molecule has 0 radical (unpaired) electrons. The highest BCUT2D eigenvalue weighted by Gasteiger charge is 2.36. The number of guanidine groups is 1. The monoisotopic (exact) mass is 502 g/mol. The topological polar surface area (TPSA) is 57.5 Å². The van der Waals surface area contributed by atoms with Crippen LogP contribution in [0.5, 0.6) is 0 Å². The quantitative estimate of drug-likeness (QED) is 0.357. The number of aromatic nitrogens is 2. The summed E-state index contributed by atoms with van der Waals surface area (Å²) in [7, 11) is 3.09. The Kier molecular flexibility index (Phi) is 9.85. The van der Waals surface area contributed by atoms with Crippen LogP contribution in [0.25, 0.3) is 0 Å². The Labute approximate surface area is 176 Å². The van der Waals surface area contributed by atoms with Crippen molar-refractivity contribution in [3.8, 4) is 0 Å². The van der Waals surface area contributed by atoms with Crippen molar-refractivity contribution in [3.05, 3.63) is 17.5 Å². The normalized spacial score (nSPS) is 18.9. The number of piperidine rings is 1. The number of hydrogen-bond donors (Lipinski definition) is 2. The van der Waals surface area contributed by atoms with Gasteiger partial charge in [-0.15, -0.1) is 24.0 Å². The zero-order valence-corrected chi connectivity index (χ0v) is 18.5. The van der Waals surface area contributed by atoms with Crippen molar-refractivity contribution in [2.24, 2.45) is 12.0 Å². The van der Waals surface area contributed by atoms with Gasteiger partial charge in [0.05, 0.1) is 0 Å². The number of nitrogens with zero attached hydrogens (tertiary/aromatic N) is 4. The molecule has 0 saturated carbocycles. The summed E-state index contributed by atoms with van der Waals surface area (Å²) in [4.78, 5) is 6.57. The second-order valence-electron chi connectivity index (χ2n) is 6.62. The lowest BCUT2D eigenvalue weighted by atomic mass is 10.0. The molecule has 0 aliphatic carbocycles. The smallest absolute Gasteiger partial charge is 0.355 e. The fourth-order valence-corrected chi connectivity index (χ4v) is 3.44. The van der Waals surface area contributed by atoms with E-state index < -0.39 is 11.9 Å². The maximum absolute atomic E-state index is 13.0. The molecule has 2 rings (SSSR count). The first-order valence-corrected chi connectivity index (χ1v) is 9.13. The highest BCUT2D eigenvalue weighted by molar-refractivity contribution is 14.0. The van der Waals surface area contributed by atoms with Gasteiger partial charge in [-0.3, -0.25) is 14.6 Å². The van der Waals surface area contributed by atoms with Gasteiger partial charge in [0.15, 0.2) is 11.7 Å². The second-order valence-corrected chi connectivity index (χ2v) is 6.62. The lowest BCUT2D eigenvalue weighted by Crippen LogP contribution is -2.45. The number of alkyl halides is 3. The molecule has 6 nitrogen and oxygen atoms in total. The predicted octanol–water partition coefficient (Wildman–Crippen LogP) is 2.99. The van der Waals surface area contributed by atoms with Crippen LogP contribution in [0.15, 0.2) is 11.2 Å². The van der Waals surface area contributed by atoms with Crippen LogP contribution in [-0.2, 0) is 19.8 Å². The van der Waals surface area contributed by atoms with Gasteiger partial charge < -0.3 is 10.6 Å². The Morgan fingerprint density at radius 1 is 1.33 bits per heavy atom. The molecule has 10 heteroatoms. The molecule has 1 fully saturated rings. The lowest BCUT2D eigenvalue weighted by Gasteiger charge is -2.35. The molecule has 1 unspecified atom stereocenters. The molecule has 0 aromatic carbocycles. The summed E-state index contributed by atoms with van der Waals surface area (Å²) in [6.45, 7) is 4.94. The van der Waals surface area contributed by atoms with E-state index in [1.54, 1.807) is 7.05 Å². The zero-order valence-electron chi connectivity index (χ0n) is 16.1. The largest absolute Gasteiger partial charge is 0.435 e. The maximum atomic E-state index is 13.0. The van der Waals surface area contributed by atoms with Crippen LogP contribution >= 0.6 is 24.0 Å². The Morgan fingerprint density at radius 3 is 2.70 bits per heavy atom. The van der Waals surface area contributed by atoms with E-state index in [2.05, 4.69) is 32.5 Å². The molecule has 156 valence electrons. The Bertz CT molecular complexity index is 602. The minimum absolute atomic E-state index is 0. The average Bonchev–Trinajstić information content (AvgIpc) is 2.99. The molecule has 2 N–H and O–H groups in total. The number of aliphatic imine (C=N–C) groups is 1. The number of nitrogens with one attached hydrogen (secondary N) is 2. The minimum atomic E-state index is -4.46. The number of rotatable bonds is 6. The summed E-state index contributed by atoms with van der Waals surface area (Å²) in [6, 6.07) is 0.630. The van der Waals surface area contributed by atoms with E-state index in [1.807, 2.05) is 0 Å². The van der Waals surface area contributed by atoms with Crippen molar-refractivity contribution in [2.45, 2.75) is 51.4 Å². The minimum Gasteiger partial charge on any atom is -0.355 e. The highest BCUT2D eigenvalue weighted by atomic mass is 127. The van der Waals surface area contributed by atoms with Crippen molar-refractivity contribution in [2.75, 3.05) is 26.7 Å². The van der Waals surface area contributed by atoms with Crippen LogP contribution in [0.3, 0.4) is 0 Å². The summed E-state index contributed by atoms with van der Waals surface area (Å²) in [5, 5.41) is 9.64. The molecule has 1 saturated heterocycles. The van der Waals surface area contributed by atoms with Crippen molar-refractivity contribution in [1.29, 1.82) is 0 Å². The molecule has 0 amide bonds. The van der Waals surface area contributed by atoms with Crippen LogP contribution < -0.4 is 10.6 Å².